The molecule has 0 amide bonds. The molecule has 2 unspecified atom stereocenters. The Balaban J connectivity index is 0.00000274. The Bertz CT molecular complexity index is 1380. The van der Waals surface area contributed by atoms with Crippen LogP contribution >= 0.6 is 12.4 Å². The number of hydrogen-bond acceptors (Lipinski definition) is 3. The lowest BCUT2D eigenvalue weighted by Crippen LogP contribution is -2.52. The quantitative estimate of drug-likeness (QED) is 0.328. The summed E-state index contributed by atoms with van der Waals surface area (Å²) in [5.41, 5.74) is 1.25. The highest BCUT2D eigenvalue weighted by atomic mass is 35.5. The van der Waals surface area contributed by atoms with Gasteiger partial charge in [-0.05, 0) is 59.0 Å². The Hall–Kier alpha value is -2.44. The number of rotatable bonds is 6. The minimum atomic E-state index is -3.61. The van der Waals surface area contributed by atoms with E-state index < -0.39 is 10.0 Å². The number of nitrogens with one attached hydrogen (secondary N) is 2. The molecule has 0 aliphatic heterocycles. The fourth-order valence-electron chi connectivity index (χ4n) is 5.11. The van der Waals surface area contributed by atoms with E-state index in [-0.39, 0.29) is 30.5 Å². The molecule has 0 radical (unpaired) electrons. The monoisotopic (exact) mass is 494 g/mol. The van der Waals surface area contributed by atoms with Gasteiger partial charge in [-0.15, -0.1) is 12.4 Å². The van der Waals surface area contributed by atoms with Gasteiger partial charge >= 0.3 is 0 Å². The second kappa shape index (κ2) is 10.4. The fraction of sp³-hybridized carbons (Fsp3) is 0.286. The van der Waals surface area contributed by atoms with E-state index in [1.807, 2.05) is 30.3 Å². The maximum Gasteiger partial charge on any atom is 0.240 e. The van der Waals surface area contributed by atoms with Gasteiger partial charge in [-0.1, -0.05) is 85.6 Å². The molecule has 1 aliphatic carbocycles. The molecule has 4 aromatic carbocycles. The number of halogens is 1. The number of benzene rings is 4. The first-order chi connectivity index (χ1) is 16.0. The second-order valence-corrected chi connectivity index (χ2v) is 10.8. The van der Waals surface area contributed by atoms with Gasteiger partial charge in [0.1, 0.15) is 0 Å². The Morgan fingerprint density at radius 1 is 0.765 bits per heavy atom. The Labute approximate surface area is 208 Å². The molecule has 178 valence electrons. The normalized spacial score (nSPS) is 19.6. The summed E-state index contributed by atoms with van der Waals surface area (Å²) in [6.07, 6.45) is 3.94. The van der Waals surface area contributed by atoms with E-state index >= 15 is 0 Å². The third-order valence-corrected chi connectivity index (χ3v) is 8.35. The average Bonchev–Trinajstić information content (AvgIpc) is 2.84. The third kappa shape index (κ3) is 5.13. The predicted octanol–water partition coefficient (Wildman–Crippen LogP) is 6.36. The van der Waals surface area contributed by atoms with Crippen molar-refractivity contribution in [3.63, 3.8) is 0 Å². The zero-order chi connectivity index (χ0) is 22.8. The van der Waals surface area contributed by atoms with Crippen LogP contribution in [0.5, 0.6) is 0 Å². The molecule has 1 saturated carbocycles. The molecule has 5 rings (SSSR count). The summed E-state index contributed by atoms with van der Waals surface area (Å²) in [4.78, 5) is 0.327. The van der Waals surface area contributed by atoms with Crippen LogP contribution in [0, 0.1) is 0 Å². The minimum absolute atomic E-state index is 0. The van der Waals surface area contributed by atoms with Gasteiger partial charge in [-0.3, -0.25) is 0 Å². The fourth-order valence-corrected chi connectivity index (χ4v) is 6.46. The third-order valence-electron chi connectivity index (χ3n) is 6.86. The van der Waals surface area contributed by atoms with Crippen molar-refractivity contribution in [1.29, 1.82) is 0 Å². The molecule has 6 heteroatoms. The highest BCUT2D eigenvalue weighted by molar-refractivity contribution is 7.89. The minimum Gasteiger partial charge on any atom is -0.306 e. The lowest BCUT2D eigenvalue weighted by Gasteiger charge is -2.35. The van der Waals surface area contributed by atoms with Gasteiger partial charge < -0.3 is 5.32 Å². The second-order valence-electron chi connectivity index (χ2n) is 9.08. The van der Waals surface area contributed by atoms with Crippen LogP contribution in [0.2, 0.25) is 0 Å². The van der Waals surface area contributed by atoms with Gasteiger partial charge in [0.05, 0.1) is 4.90 Å². The van der Waals surface area contributed by atoms with Gasteiger partial charge in [0, 0.05) is 18.1 Å². The van der Waals surface area contributed by atoms with E-state index in [0.29, 0.717) is 4.90 Å². The lowest BCUT2D eigenvalue weighted by molar-refractivity contribution is 0.291. The van der Waals surface area contributed by atoms with Gasteiger partial charge in [-0.2, -0.15) is 0 Å². The summed E-state index contributed by atoms with van der Waals surface area (Å²) in [6, 6.07) is 28.1. The lowest BCUT2D eigenvalue weighted by atomic mass is 9.89. The largest absolute Gasteiger partial charge is 0.306 e. The number of fused-ring (bicyclic) bond motifs is 2. The number of sulfonamides is 1. The van der Waals surface area contributed by atoms with Crippen LogP contribution in [0.1, 0.15) is 44.2 Å². The van der Waals surface area contributed by atoms with E-state index in [1.165, 1.54) is 16.3 Å². The van der Waals surface area contributed by atoms with Gasteiger partial charge in [0.25, 0.3) is 0 Å². The van der Waals surface area contributed by atoms with Crippen molar-refractivity contribution in [1.82, 2.24) is 10.0 Å². The summed E-state index contributed by atoms with van der Waals surface area (Å²) in [7, 11) is -3.61. The topological polar surface area (TPSA) is 58.2 Å². The van der Waals surface area contributed by atoms with Crippen LogP contribution in [0.3, 0.4) is 0 Å². The van der Waals surface area contributed by atoms with Crippen LogP contribution in [-0.4, -0.2) is 20.5 Å². The van der Waals surface area contributed by atoms with Crippen molar-refractivity contribution in [2.24, 2.45) is 0 Å². The maximum atomic E-state index is 13.3. The zero-order valence-corrected chi connectivity index (χ0v) is 20.9. The molecule has 0 spiro atoms. The van der Waals surface area contributed by atoms with Crippen molar-refractivity contribution in [2.45, 2.75) is 55.6 Å². The summed E-state index contributed by atoms with van der Waals surface area (Å²) >= 11 is 0. The molecule has 2 N–H and O–H groups in total. The summed E-state index contributed by atoms with van der Waals surface area (Å²) in [5, 5.41) is 8.19. The van der Waals surface area contributed by atoms with Crippen LogP contribution in [-0.2, 0) is 10.0 Å². The molecule has 3 atom stereocenters. The first-order valence-corrected chi connectivity index (χ1v) is 13.2. The SMILES string of the molecule is CC(N[C@H]1CCCCC1NS(=O)(=O)c1ccc2ccccc2c1)c1cccc2ccccc12.Cl. The molecule has 1 aliphatic rings. The molecule has 1 fully saturated rings. The first kappa shape index (κ1) is 24.7. The van der Waals surface area contributed by atoms with Crippen LogP contribution in [0.25, 0.3) is 21.5 Å². The predicted molar refractivity (Wildman–Crippen MR) is 143 cm³/mol. The Morgan fingerprint density at radius 3 is 2.21 bits per heavy atom. The van der Waals surface area contributed by atoms with Crippen LogP contribution in [0.15, 0.2) is 89.8 Å². The zero-order valence-electron chi connectivity index (χ0n) is 19.3. The van der Waals surface area contributed by atoms with Gasteiger partial charge in [0.2, 0.25) is 10.0 Å². The van der Waals surface area contributed by atoms with E-state index in [9.17, 15) is 8.42 Å². The summed E-state index contributed by atoms with van der Waals surface area (Å²) < 4.78 is 29.6. The first-order valence-electron chi connectivity index (χ1n) is 11.8. The molecule has 4 nitrogen and oxygen atoms in total. The van der Waals surface area contributed by atoms with Crippen LogP contribution < -0.4 is 10.0 Å². The number of hydrogen-bond donors (Lipinski definition) is 2. The molecule has 0 aromatic heterocycles. The molecular weight excluding hydrogens is 464 g/mol. The standard InChI is InChI=1S/C28H30N2O2S.ClH/c1-20(25-14-8-12-22-10-4-5-13-26(22)25)29-27-15-6-7-16-28(27)30-33(31,32)24-18-17-21-9-2-3-11-23(21)19-24;/h2-5,8-14,17-20,27-30H,6-7,15-16H2,1H3;1H/t20?,27-,28?;/m0./s1. The van der Waals surface area contributed by atoms with Crippen molar-refractivity contribution in [2.75, 3.05) is 0 Å². The van der Waals surface area contributed by atoms with Crippen molar-refractivity contribution >= 4 is 44.0 Å². The summed E-state index contributed by atoms with van der Waals surface area (Å²) in [5.74, 6) is 0. The molecular formula is C28H31ClN2O2S. The molecule has 0 saturated heterocycles. The Morgan fingerprint density at radius 2 is 1.41 bits per heavy atom. The average molecular weight is 495 g/mol. The van der Waals surface area contributed by atoms with Crippen LogP contribution in [0.4, 0.5) is 0 Å². The highest BCUT2D eigenvalue weighted by Crippen LogP contribution is 2.28. The summed E-state index contributed by atoms with van der Waals surface area (Å²) in [6.45, 7) is 2.17. The van der Waals surface area contributed by atoms with Crippen molar-refractivity contribution in [3.8, 4) is 0 Å². The van der Waals surface area contributed by atoms with Gasteiger partial charge in [0.15, 0.2) is 0 Å². The molecule has 34 heavy (non-hydrogen) atoms. The van der Waals surface area contributed by atoms with Crippen molar-refractivity contribution in [3.05, 3.63) is 90.5 Å². The smallest absolute Gasteiger partial charge is 0.240 e. The van der Waals surface area contributed by atoms with E-state index in [2.05, 4.69) is 59.4 Å². The van der Waals surface area contributed by atoms with E-state index in [0.717, 1.165) is 36.5 Å². The molecule has 4 aromatic rings. The maximum absolute atomic E-state index is 13.3. The van der Waals surface area contributed by atoms with Gasteiger partial charge in [-0.25, -0.2) is 13.1 Å². The molecule has 0 bridgehead atoms. The Kier molecular flexibility index (Phi) is 7.58. The highest BCUT2D eigenvalue weighted by Gasteiger charge is 2.30. The molecule has 0 heterocycles. The van der Waals surface area contributed by atoms with E-state index in [1.54, 1.807) is 12.1 Å². The van der Waals surface area contributed by atoms with E-state index in [4.69, 9.17) is 0 Å². The van der Waals surface area contributed by atoms with Crippen molar-refractivity contribution < 1.29 is 8.42 Å².